The number of carbonyl (C=O) groups excluding carboxylic acids is 1. The Labute approximate surface area is 102 Å². The lowest BCUT2D eigenvalue weighted by Crippen LogP contribution is -2.11. The lowest BCUT2D eigenvalue weighted by atomic mass is 10.1. The molecule has 5 heteroatoms. The number of carboxylic acids is 1. The summed E-state index contributed by atoms with van der Waals surface area (Å²) in [5.74, 6) is -0.265. The van der Waals surface area contributed by atoms with E-state index in [0.29, 0.717) is 38.6 Å². The summed E-state index contributed by atoms with van der Waals surface area (Å²) in [7, 11) is 0. The second-order valence-corrected chi connectivity index (χ2v) is 4.26. The van der Waals surface area contributed by atoms with Crippen LogP contribution >= 0.6 is 0 Å². The number of carbonyl (C=O) groups is 2. The molecule has 0 rings (SSSR count). The Morgan fingerprint density at radius 2 is 1.53 bits per heavy atom. The van der Waals surface area contributed by atoms with Crippen LogP contribution in [0.5, 0.6) is 0 Å². The topological polar surface area (TPSA) is 72.8 Å². The molecule has 5 nitrogen and oxygen atoms in total. The summed E-state index contributed by atoms with van der Waals surface area (Å²) in [5.41, 5.74) is 0. The zero-order valence-electron chi connectivity index (χ0n) is 10.6. The Hall–Kier alpha value is -0.940. The molecule has 0 unspecified atom stereocenters. The van der Waals surface area contributed by atoms with Crippen molar-refractivity contribution in [3.05, 3.63) is 0 Å². The first-order valence-corrected chi connectivity index (χ1v) is 5.91. The lowest BCUT2D eigenvalue weighted by molar-refractivity contribution is -0.138. The van der Waals surface area contributed by atoms with Crippen molar-refractivity contribution < 1.29 is 24.2 Å². The summed E-state index contributed by atoms with van der Waals surface area (Å²) in [5, 5.41) is 8.34. The molecule has 0 radical (unpaired) electrons. The normalized spacial score (nSPS) is 10.8. The Bertz CT molecular complexity index is 225. The number of ether oxygens (including phenoxy) is 2. The molecule has 100 valence electrons. The van der Waals surface area contributed by atoms with Crippen molar-refractivity contribution in [2.45, 2.75) is 33.1 Å². The number of rotatable bonds is 11. The molecule has 17 heavy (non-hydrogen) atoms. The standard InChI is InChI=1S/C12H22O5/c1-10(2)9-11(13)3-5-16-7-8-17-6-4-12(14)15/h10H,3-9H2,1-2H3,(H,14,15). The minimum Gasteiger partial charge on any atom is -0.481 e. The number of ketones is 1. The largest absolute Gasteiger partial charge is 0.481 e. The second kappa shape index (κ2) is 10.2. The molecule has 0 heterocycles. The van der Waals surface area contributed by atoms with Crippen molar-refractivity contribution >= 4 is 11.8 Å². The van der Waals surface area contributed by atoms with Crippen LogP contribution in [-0.2, 0) is 19.1 Å². The van der Waals surface area contributed by atoms with Gasteiger partial charge in [-0.05, 0) is 5.92 Å². The second-order valence-electron chi connectivity index (χ2n) is 4.26. The molecule has 0 aliphatic heterocycles. The van der Waals surface area contributed by atoms with Gasteiger partial charge in [-0.2, -0.15) is 0 Å². The van der Waals surface area contributed by atoms with E-state index >= 15 is 0 Å². The van der Waals surface area contributed by atoms with Crippen molar-refractivity contribution in [2.75, 3.05) is 26.4 Å². The summed E-state index contributed by atoms with van der Waals surface area (Å²) in [4.78, 5) is 21.4. The zero-order valence-corrected chi connectivity index (χ0v) is 10.6. The van der Waals surface area contributed by atoms with Gasteiger partial charge in [0.2, 0.25) is 0 Å². The van der Waals surface area contributed by atoms with E-state index in [-0.39, 0.29) is 18.8 Å². The van der Waals surface area contributed by atoms with Gasteiger partial charge in [0.15, 0.2) is 0 Å². The smallest absolute Gasteiger partial charge is 0.305 e. The molecule has 0 aliphatic carbocycles. The molecule has 0 aromatic rings. The Morgan fingerprint density at radius 3 is 2.00 bits per heavy atom. The van der Waals surface area contributed by atoms with Crippen molar-refractivity contribution in [3.8, 4) is 0 Å². The summed E-state index contributed by atoms with van der Waals surface area (Å²) in [6.07, 6.45) is 1.04. The Balaban J connectivity index is 3.18. The summed E-state index contributed by atoms with van der Waals surface area (Å²) < 4.78 is 10.2. The lowest BCUT2D eigenvalue weighted by Gasteiger charge is -2.06. The van der Waals surface area contributed by atoms with Gasteiger partial charge in [0.25, 0.3) is 0 Å². The predicted octanol–water partition coefficient (Wildman–Crippen LogP) is 1.50. The fourth-order valence-electron chi connectivity index (χ4n) is 1.22. The molecule has 0 bridgehead atoms. The molecule has 0 atom stereocenters. The van der Waals surface area contributed by atoms with Gasteiger partial charge in [-0.15, -0.1) is 0 Å². The van der Waals surface area contributed by atoms with Gasteiger partial charge >= 0.3 is 5.97 Å². The van der Waals surface area contributed by atoms with Crippen LogP contribution in [0.25, 0.3) is 0 Å². The zero-order chi connectivity index (χ0) is 13.1. The summed E-state index contributed by atoms with van der Waals surface area (Å²) in [6, 6.07) is 0. The molecule has 0 fully saturated rings. The van der Waals surface area contributed by atoms with E-state index < -0.39 is 5.97 Å². The van der Waals surface area contributed by atoms with Gasteiger partial charge in [0.05, 0.1) is 32.8 Å². The van der Waals surface area contributed by atoms with Crippen molar-refractivity contribution in [1.29, 1.82) is 0 Å². The van der Waals surface area contributed by atoms with Crippen molar-refractivity contribution in [3.63, 3.8) is 0 Å². The predicted molar refractivity (Wildman–Crippen MR) is 63.0 cm³/mol. The van der Waals surface area contributed by atoms with Crippen molar-refractivity contribution in [2.24, 2.45) is 5.92 Å². The molecule has 0 aliphatic rings. The first-order chi connectivity index (χ1) is 8.02. The SMILES string of the molecule is CC(C)CC(=O)CCOCCOCCC(=O)O. The molecule has 0 amide bonds. The van der Waals surface area contributed by atoms with E-state index in [0.717, 1.165) is 0 Å². The van der Waals surface area contributed by atoms with E-state index in [2.05, 4.69) is 0 Å². The van der Waals surface area contributed by atoms with E-state index in [4.69, 9.17) is 14.6 Å². The van der Waals surface area contributed by atoms with Crippen LogP contribution in [0.3, 0.4) is 0 Å². The van der Waals surface area contributed by atoms with Crippen LogP contribution in [0.15, 0.2) is 0 Å². The van der Waals surface area contributed by atoms with Crippen LogP contribution < -0.4 is 0 Å². The van der Waals surface area contributed by atoms with Gasteiger partial charge in [-0.3, -0.25) is 9.59 Å². The van der Waals surface area contributed by atoms with E-state index in [9.17, 15) is 9.59 Å². The highest BCUT2D eigenvalue weighted by Gasteiger charge is 2.04. The highest BCUT2D eigenvalue weighted by atomic mass is 16.5. The van der Waals surface area contributed by atoms with E-state index in [1.165, 1.54) is 0 Å². The van der Waals surface area contributed by atoms with Crippen LogP contribution in [0.2, 0.25) is 0 Å². The first kappa shape index (κ1) is 16.1. The summed E-state index contributed by atoms with van der Waals surface area (Å²) >= 11 is 0. The number of aliphatic carboxylic acids is 1. The molecule has 0 aromatic heterocycles. The average Bonchev–Trinajstić information content (AvgIpc) is 2.20. The first-order valence-electron chi connectivity index (χ1n) is 5.91. The van der Waals surface area contributed by atoms with Crippen molar-refractivity contribution in [1.82, 2.24) is 0 Å². The number of Topliss-reactive ketones (excluding diaryl/α,β-unsaturated/α-hetero) is 1. The summed E-state index contributed by atoms with van der Waals surface area (Å²) in [6.45, 7) is 5.39. The van der Waals surface area contributed by atoms with E-state index in [1.807, 2.05) is 13.8 Å². The number of carboxylic acid groups (broad SMARTS) is 1. The Kier molecular flexibility index (Phi) is 9.66. The molecule has 0 saturated heterocycles. The third-order valence-electron chi connectivity index (χ3n) is 1.99. The maximum atomic E-state index is 11.3. The fraction of sp³-hybridized carbons (Fsp3) is 0.833. The van der Waals surface area contributed by atoms with Crippen LogP contribution in [0.4, 0.5) is 0 Å². The molecule has 1 N–H and O–H groups in total. The molecule has 0 spiro atoms. The maximum absolute atomic E-state index is 11.3. The molecule has 0 aromatic carbocycles. The van der Waals surface area contributed by atoms with Crippen LogP contribution in [0, 0.1) is 5.92 Å². The molecule has 0 saturated carbocycles. The number of hydrogen-bond donors (Lipinski definition) is 1. The van der Waals surface area contributed by atoms with Gasteiger partial charge < -0.3 is 14.6 Å². The Morgan fingerprint density at radius 1 is 1.00 bits per heavy atom. The third kappa shape index (κ3) is 13.0. The van der Waals surface area contributed by atoms with Gasteiger partial charge in [-0.1, -0.05) is 13.8 Å². The monoisotopic (exact) mass is 246 g/mol. The highest BCUT2D eigenvalue weighted by molar-refractivity contribution is 5.78. The van der Waals surface area contributed by atoms with Gasteiger partial charge in [-0.25, -0.2) is 0 Å². The van der Waals surface area contributed by atoms with E-state index in [1.54, 1.807) is 0 Å². The average molecular weight is 246 g/mol. The van der Waals surface area contributed by atoms with Crippen LogP contribution in [-0.4, -0.2) is 43.3 Å². The van der Waals surface area contributed by atoms with Crippen LogP contribution in [0.1, 0.15) is 33.1 Å². The quantitative estimate of drug-likeness (QED) is 0.559. The fourth-order valence-corrected chi connectivity index (χ4v) is 1.22. The minimum atomic E-state index is -0.870. The van der Waals surface area contributed by atoms with Gasteiger partial charge in [0, 0.05) is 12.8 Å². The van der Waals surface area contributed by atoms with Gasteiger partial charge in [0.1, 0.15) is 5.78 Å². The third-order valence-corrected chi connectivity index (χ3v) is 1.99. The highest BCUT2D eigenvalue weighted by Crippen LogP contribution is 2.02. The maximum Gasteiger partial charge on any atom is 0.305 e. The molecular weight excluding hydrogens is 224 g/mol. The molecular formula is C12H22O5. The number of hydrogen-bond acceptors (Lipinski definition) is 4. The minimum absolute atomic E-state index is 0.00682.